The minimum atomic E-state index is 0.370. The molecule has 0 saturated heterocycles. The van der Waals surface area contributed by atoms with Gasteiger partial charge in [0.15, 0.2) is 0 Å². The monoisotopic (exact) mass is 269 g/mol. The Morgan fingerprint density at radius 3 is 2.94 bits per heavy atom. The van der Waals surface area contributed by atoms with Crippen LogP contribution in [0.15, 0.2) is 6.07 Å². The SMILES string of the molecule is CCCc1nc(Cl)cc(NC2CCC(OC)C2)n1. The summed E-state index contributed by atoms with van der Waals surface area (Å²) in [6, 6.07) is 2.22. The highest BCUT2D eigenvalue weighted by molar-refractivity contribution is 6.29. The Morgan fingerprint density at radius 1 is 1.44 bits per heavy atom. The summed E-state index contributed by atoms with van der Waals surface area (Å²) in [6.45, 7) is 2.11. The van der Waals surface area contributed by atoms with Crippen molar-refractivity contribution in [3.8, 4) is 0 Å². The van der Waals surface area contributed by atoms with Crippen molar-refractivity contribution in [2.75, 3.05) is 12.4 Å². The van der Waals surface area contributed by atoms with Crippen LogP contribution in [0, 0.1) is 0 Å². The Morgan fingerprint density at radius 2 is 2.28 bits per heavy atom. The van der Waals surface area contributed by atoms with E-state index in [0.29, 0.717) is 17.3 Å². The Hall–Kier alpha value is -0.870. The quantitative estimate of drug-likeness (QED) is 0.835. The summed E-state index contributed by atoms with van der Waals surface area (Å²) in [5, 5.41) is 3.94. The molecule has 0 bridgehead atoms. The fourth-order valence-electron chi connectivity index (χ4n) is 2.37. The number of hydrogen-bond donors (Lipinski definition) is 1. The smallest absolute Gasteiger partial charge is 0.134 e. The van der Waals surface area contributed by atoms with E-state index in [-0.39, 0.29) is 0 Å². The molecular formula is C13H20ClN3O. The van der Waals surface area contributed by atoms with E-state index < -0.39 is 0 Å². The first-order chi connectivity index (χ1) is 8.71. The van der Waals surface area contributed by atoms with Gasteiger partial charge in [-0.15, -0.1) is 0 Å². The summed E-state index contributed by atoms with van der Waals surface area (Å²) in [7, 11) is 1.77. The van der Waals surface area contributed by atoms with Crippen LogP contribution in [0.25, 0.3) is 0 Å². The molecular weight excluding hydrogens is 250 g/mol. The second kappa shape index (κ2) is 6.34. The van der Waals surface area contributed by atoms with Crippen LogP contribution in [0.4, 0.5) is 5.82 Å². The van der Waals surface area contributed by atoms with Crippen molar-refractivity contribution in [2.45, 2.75) is 51.2 Å². The summed E-state index contributed by atoms with van der Waals surface area (Å²) >= 11 is 6.01. The fraction of sp³-hybridized carbons (Fsp3) is 0.692. The molecule has 2 unspecified atom stereocenters. The maximum absolute atomic E-state index is 6.01. The minimum absolute atomic E-state index is 0.370. The van der Waals surface area contributed by atoms with Gasteiger partial charge in [0.05, 0.1) is 6.10 Å². The standard InChI is InChI=1S/C13H20ClN3O/c1-3-4-12-16-11(14)8-13(17-12)15-9-5-6-10(7-9)18-2/h8-10H,3-7H2,1-2H3,(H,15,16,17). The number of aromatic nitrogens is 2. The molecule has 5 heteroatoms. The van der Waals surface area contributed by atoms with Gasteiger partial charge in [0.25, 0.3) is 0 Å². The molecule has 1 aromatic rings. The predicted octanol–water partition coefficient (Wildman–Crippen LogP) is 3.06. The topological polar surface area (TPSA) is 47.0 Å². The van der Waals surface area contributed by atoms with Gasteiger partial charge < -0.3 is 10.1 Å². The van der Waals surface area contributed by atoms with E-state index in [2.05, 4.69) is 22.2 Å². The highest BCUT2D eigenvalue weighted by Crippen LogP contribution is 2.25. The average molecular weight is 270 g/mol. The van der Waals surface area contributed by atoms with Crippen molar-refractivity contribution < 1.29 is 4.74 Å². The Balaban J connectivity index is 2.00. The van der Waals surface area contributed by atoms with E-state index in [0.717, 1.165) is 43.7 Å². The fourth-order valence-corrected chi connectivity index (χ4v) is 2.57. The number of nitrogens with one attached hydrogen (secondary N) is 1. The van der Waals surface area contributed by atoms with Crippen LogP contribution in [-0.2, 0) is 11.2 Å². The predicted molar refractivity (Wildman–Crippen MR) is 73.1 cm³/mol. The first-order valence-corrected chi connectivity index (χ1v) is 6.92. The van der Waals surface area contributed by atoms with E-state index in [9.17, 15) is 0 Å². The van der Waals surface area contributed by atoms with Gasteiger partial charge in [-0.25, -0.2) is 9.97 Å². The average Bonchev–Trinajstić information content (AvgIpc) is 2.76. The van der Waals surface area contributed by atoms with Crippen molar-refractivity contribution in [3.05, 3.63) is 17.0 Å². The van der Waals surface area contributed by atoms with Crippen LogP contribution in [0.3, 0.4) is 0 Å². The third-order valence-corrected chi connectivity index (χ3v) is 3.48. The number of anilines is 1. The van der Waals surface area contributed by atoms with Gasteiger partial charge in [-0.1, -0.05) is 18.5 Å². The molecule has 2 rings (SSSR count). The lowest BCUT2D eigenvalue weighted by Crippen LogP contribution is -2.18. The van der Waals surface area contributed by atoms with Gasteiger partial charge in [0.2, 0.25) is 0 Å². The Bertz CT molecular complexity index is 400. The van der Waals surface area contributed by atoms with Gasteiger partial charge in [0.1, 0.15) is 16.8 Å². The lowest BCUT2D eigenvalue weighted by atomic mass is 10.2. The molecule has 1 fully saturated rings. The first kappa shape index (κ1) is 13.6. The van der Waals surface area contributed by atoms with E-state index in [1.807, 2.05) is 0 Å². The van der Waals surface area contributed by atoms with Crippen molar-refractivity contribution in [1.29, 1.82) is 0 Å². The lowest BCUT2D eigenvalue weighted by molar-refractivity contribution is 0.108. The Kier molecular flexibility index (Phi) is 4.78. The lowest BCUT2D eigenvalue weighted by Gasteiger charge is -2.14. The zero-order chi connectivity index (χ0) is 13.0. The van der Waals surface area contributed by atoms with E-state index in [1.165, 1.54) is 0 Å². The number of hydrogen-bond acceptors (Lipinski definition) is 4. The van der Waals surface area contributed by atoms with Crippen LogP contribution in [0.2, 0.25) is 5.15 Å². The summed E-state index contributed by atoms with van der Waals surface area (Å²) in [5.74, 6) is 1.65. The molecule has 0 aliphatic heterocycles. The summed E-state index contributed by atoms with van der Waals surface area (Å²) in [4.78, 5) is 8.71. The van der Waals surface area contributed by atoms with Gasteiger partial charge >= 0.3 is 0 Å². The van der Waals surface area contributed by atoms with Gasteiger partial charge in [-0.3, -0.25) is 0 Å². The van der Waals surface area contributed by atoms with E-state index >= 15 is 0 Å². The van der Waals surface area contributed by atoms with Gasteiger partial charge in [-0.05, 0) is 25.7 Å². The van der Waals surface area contributed by atoms with Crippen molar-refractivity contribution in [1.82, 2.24) is 9.97 Å². The summed E-state index contributed by atoms with van der Waals surface area (Å²) < 4.78 is 5.37. The molecule has 4 nitrogen and oxygen atoms in total. The molecule has 2 atom stereocenters. The second-order valence-electron chi connectivity index (χ2n) is 4.75. The molecule has 1 heterocycles. The maximum atomic E-state index is 6.01. The number of ether oxygens (including phenoxy) is 1. The molecule has 0 radical (unpaired) electrons. The number of nitrogens with zero attached hydrogens (tertiary/aromatic N) is 2. The third kappa shape index (κ3) is 3.56. The summed E-state index contributed by atoms with van der Waals surface area (Å²) in [5.41, 5.74) is 0. The summed E-state index contributed by atoms with van der Waals surface area (Å²) in [6.07, 6.45) is 5.50. The normalized spacial score (nSPS) is 23.3. The van der Waals surface area contributed by atoms with Crippen molar-refractivity contribution in [3.63, 3.8) is 0 Å². The molecule has 1 aliphatic carbocycles. The highest BCUT2D eigenvalue weighted by Gasteiger charge is 2.24. The minimum Gasteiger partial charge on any atom is -0.381 e. The molecule has 100 valence electrons. The first-order valence-electron chi connectivity index (χ1n) is 6.54. The zero-order valence-electron chi connectivity index (χ0n) is 10.9. The highest BCUT2D eigenvalue weighted by atomic mass is 35.5. The largest absolute Gasteiger partial charge is 0.381 e. The van der Waals surface area contributed by atoms with Crippen LogP contribution in [-0.4, -0.2) is 29.2 Å². The molecule has 0 spiro atoms. The molecule has 1 N–H and O–H groups in total. The molecule has 1 aliphatic rings. The zero-order valence-corrected chi connectivity index (χ0v) is 11.7. The van der Waals surface area contributed by atoms with Crippen LogP contribution in [0.5, 0.6) is 0 Å². The third-order valence-electron chi connectivity index (χ3n) is 3.28. The van der Waals surface area contributed by atoms with E-state index in [1.54, 1.807) is 13.2 Å². The number of aryl methyl sites for hydroxylation is 1. The second-order valence-corrected chi connectivity index (χ2v) is 5.14. The molecule has 18 heavy (non-hydrogen) atoms. The van der Waals surface area contributed by atoms with Crippen molar-refractivity contribution >= 4 is 17.4 Å². The maximum Gasteiger partial charge on any atom is 0.134 e. The molecule has 0 aromatic carbocycles. The number of rotatable bonds is 5. The van der Waals surface area contributed by atoms with E-state index in [4.69, 9.17) is 16.3 Å². The molecule has 0 amide bonds. The van der Waals surface area contributed by atoms with Crippen LogP contribution >= 0.6 is 11.6 Å². The molecule has 1 saturated carbocycles. The van der Waals surface area contributed by atoms with Crippen LogP contribution in [0.1, 0.15) is 38.4 Å². The van der Waals surface area contributed by atoms with Gasteiger partial charge in [-0.2, -0.15) is 0 Å². The molecule has 1 aromatic heterocycles. The van der Waals surface area contributed by atoms with Crippen molar-refractivity contribution in [2.24, 2.45) is 0 Å². The Labute approximate surface area is 113 Å². The van der Waals surface area contributed by atoms with Gasteiger partial charge in [0, 0.05) is 25.6 Å². The number of halogens is 1. The van der Waals surface area contributed by atoms with Crippen LogP contribution < -0.4 is 5.32 Å². The number of methoxy groups -OCH3 is 1.